The fraction of sp³-hybridized carbons (Fsp3) is 0.500. The molecule has 1 aliphatic rings. The van der Waals surface area contributed by atoms with Crippen LogP contribution in [0.3, 0.4) is 0 Å². The fourth-order valence-corrected chi connectivity index (χ4v) is 3.44. The normalized spacial score (nSPS) is 13.1. The van der Waals surface area contributed by atoms with Gasteiger partial charge < -0.3 is 20.7 Å². The van der Waals surface area contributed by atoms with Gasteiger partial charge in [0, 0.05) is 37.4 Å². The predicted molar refractivity (Wildman–Crippen MR) is 135 cm³/mol. The highest BCUT2D eigenvalue weighted by Crippen LogP contribution is 2.26. The van der Waals surface area contributed by atoms with Crippen molar-refractivity contribution in [2.75, 3.05) is 31.6 Å². The second kappa shape index (κ2) is 12.5. The molecule has 170 valence electrons. The molecule has 8 nitrogen and oxygen atoms in total. The number of nitrogens with zero attached hydrogens (tertiary/aromatic N) is 3. The first-order valence-electron chi connectivity index (χ1n) is 10.6. The number of aromatic nitrogens is 2. The van der Waals surface area contributed by atoms with Gasteiger partial charge >= 0.3 is 0 Å². The number of ether oxygens (including phenoxy) is 1. The lowest BCUT2D eigenvalue weighted by atomic mass is 10.0. The largest absolute Gasteiger partial charge is 0.492 e. The van der Waals surface area contributed by atoms with E-state index in [9.17, 15) is 4.79 Å². The monoisotopic (exact) mass is 540 g/mol. The number of carbonyl (C=O) groups excluding carboxylic acids is 1. The number of hydrogen-bond acceptors (Lipinski definition) is 4. The maximum Gasteiger partial charge on any atom is 0.224 e. The summed E-state index contributed by atoms with van der Waals surface area (Å²) < 4.78 is 7.89. The van der Waals surface area contributed by atoms with Crippen LogP contribution < -0.4 is 20.7 Å². The molecule has 0 unspecified atom stereocenters. The van der Waals surface area contributed by atoms with E-state index in [1.807, 2.05) is 29.8 Å². The number of benzene rings is 1. The van der Waals surface area contributed by atoms with E-state index in [-0.39, 0.29) is 29.9 Å². The van der Waals surface area contributed by atoms with Gasteiger partial charge in [-0.05, 0) is 63.4 Å². The number of guanidine groups is 1. The topological polar surface area (TPSA) is 92.6 Å². The number of anilines is 1. The van der Waals surface area contributed by atoms with Gasteiger partial charge in [0.2, 0.25) is 5.91 Å². The highest BCUT2D eigenvalue weighted by Gasteiger charge is 2.14. The summed E-state index contributed by atoms with van der Waals surface area (Å²) in [6.07, 6.45) is 2.21. The van der Waals surface area contributed by atoms with Crippen molar-refractivity contribution in [3.8, 4) is 5.75 Å². The van der Waals surface area contributed by atoms with Crippen molar-refractivity contribution in [3.05, 3.63) is 41.2 Å². The van der Waals surface area contributed by atoms with Crippen LogP contribution in [-0.4, -0.2) is 47.9 Å². The number of rotatable bonds is 9. The molecule has 0 fully saturated rings. The van der Waals surface area contributed by atoms with Gasteiger partial charge in [-0.15, -0.1) is 24.0 Å². The van der Waals surface area contributed by atoms with Crippen molar-refractivity contribution < 1.29 is 9.53 Å². The number of amides is 1. The molecule has 0 atom stereocenters. The molecule has 31 heavy (non-hydrogen) atoms. The van der Waals surface area contributed by atoms with E-state index < -0.39 is 0 Å². The fourth-order valence-electron chi connectivity index (χ4n) is 3.44. The molecule has 1 aliphatic heterocycles. The summed E-state index contributed by atoms with van der Waals surface area (Å²) >= 11 is 0. The molecule has 1 amide bonds. The lowest BCUT2D eigenvalue weighted by Crippen LogP contribution is -2.39. The Morgan fingerprint density at radius 2 is 2.10 bits per heavy atom. The van der Waals surface area contributed by atoms with Crippen LogP contribution in [0.15, 0.2) is 29.3 Å². The second-order valence-electron chi connectivity index (χ2n) is 7.41. The lowest BCUT2D eigenvalue weighted by molar-refractivity contribution is -0.116. The van der Waals surface area contributed by atoms with Crippen LogP contribution in [0.5, 0.6) is 5.75 Å². The first-order valence-corrected chi connectivity index (χ1v) is 10.6. The third-order valence-electron chi connectivity index (χ3n) is 4.88. The average Bonchev–Trinajstić information content (AvgIpc) is 3.05. The van der Waals surface area contributed by atoms with Crippen LogP contribution in [0.25, 0.3) is 0 Å². The van der Waals surface area contributed by atoms with Crippen molar-refractivity contribution >= 4 is 41.5 Å². The Morgan fingerprint density at radius 1 is 1.26 bits per heavy atom. The summed E-state index contributed by atoms with van der Waals surface area (Å²) in [4.78, 5) is 16.1. The van der Waals surface area contributed by atoms with Crippen molar-refractivity contribution in [1.29, 1.82) is 0 Å². The number of aliphatic imine (C=N–C) groups is 1. The van der Waals surface area contributed by atoms with Gasteiger partial charge in [0.1, 0.15) is 12.4 Å². The minimum Gasteiger partial charge on any atom is -0.492 e. The minimum absolute atomic E-state index is 0. The van der Waals surface area contributed by atoms with Gasteiger partial charge in [-0.25, -0.2) is 0 Å². The third-order valence-corrected chi connectivity index (χ3v) is 4.88. The predicted octanol–water partition coefficient (Wildman–Crippen LogP) is 3.03. The van der Waals surface area contributed by atoms with E-state index in [0.29, 0.717) is 19.6 Å². The van der Waals surface area contributed by atoms with Crippen LogP contribution in [0, 0.1) is 13.8 Å². The Bertz CT molecular complexity index is 896. The molecule has 0 saturated heterocycles. The molecule has 0 spiro atoms. The van der Waals surface area contributed by atoms with Crippen LogP contribution >= 0.6 is 24.0 Å². The van der Waals surface area contributed by atoms with Gasteiger partial charge in [-0.3, -0.25) is 14.5 Å². The molecule has 9 heteroatoms. The third kappa shape index (κ3) is 7.71. The molecular formula is C22H33IN6O2. The SMILES string of the molecule is CCNC(=NCCCn1nc(C)cc1C)NCCOc1ccc2c(c1)CCC(=O)N2.I. The molecule has 1 aromatic carbocycles. The van der Waals surface area contributed by atoms with Crippen LogP contribution in [-0.2, 0) is 17.8 Å². The maximum atomic E-state index is 11.4. The number of carbonyl (C=O) groups is 1. The first kappa shape index (κ1) is 25.0. The van der Waals surface area contributed by atoms with Crippen molar-refractivity contribution in [2.45, 2.75) is 46.6 Å². The van der Waals surface area contributed by atoms with E-state index in [4.69, 9.17) is 4.74 Å². The summed E-state index contributed by atoms with van der Waals surface area (Å²) in [6.45, 7) is 9.72. The molecule has 1 aromatic heterocycles. The molecule has 0 bridgehead atoms. The zero-order valence-electron chi connectivity index (χ0n) is 18.5. The van der Waals surface area contributed by atoms with E-state index in [1.165, 1.54) is 5.69 Å². The van der Waals surface area contributed by atoms with Gasteiger partial charge in [-0.2, -0.15) is 5.10 Å². The Labute approximate surface area is 201 Å². The van der Waals surface area contributed by atoms with Crippen molar-refractivity contribution in [2.24, 2.45) is 4.99 Å². The molecule has 0 aliphatic carbocycles. The highest BCUT2D eigenvalue weighted by molar-refractivity contribution is 14.0. The Balaban J connectivity index is 0.00000341. The van der Waals surface area contributed by atoms with E-state index >= 15 is 0 Å². The molecule has 2 heterocycles. The summed E-state index contributed by atoms with van der Waals surface area (Å²) in [5.74, 6) is 1.69. The van der Waals surface area contributed by atoms with Crippen molar-refractivity contribution in [1.82, 2.24) is 20.4 Å². The van der Waals surface area contributed by atoms with E-state index in [2.05, 4.69) is 46.0 Å². The summed E-state index contributed by atoms with van der Waals surface area (Å²) in [5.41, 5.74) is 4.24. The van der Waals surface area contributed by atoms with Crippen LogP contribution in [0.1, 0.15) is 36.7 Å². The van der Waals surface area contributed by atoms with Crippen LogP contribution in [0.4, 0.5) is 5.69 Å². The van der Waals surface area contributed by atoms with Gasteiger partial charge in [0.05, 0.1) is 12.2 Å². The smallest absolute Gasteiger partial charge is 0.224 e. The summed E-state index contributed by atoms with van der Waals surface area (Å²) in [6, 6.07) is 7.90. The van der Waals surface area contributed by atoms with Crippen molar-refractivity contribution in [3.63, 3.8) is 0 Å². The Hall–Kier alpha value is -2.30. The molecule has 3 N–H and O–H groups in total. The van der Waals surface area contributed by atoms with E-state index in [1.54, 1.807) is 0 Å². The van der Waals surface area contributed by atoms with Gasteiger partial charge in [0.15, 0.2) is 5.96 Å². The number of nitrogens with one attached hydrogen (secondary N) is 3. The lowest BCUT2D eigenvalue weighted by Gasteiger charge is -2.18. The second-order valence-corrected chi connectivity index (χ2v) is 7.41. The Kier molecular flexibility index (Phi) is 10.1. The van der Waals surface area contributed by atoms with Crippen LogP contribution in [0.2, 0.25) is 0 Å². The number of aryl methyl sites for hydroxylation is 4. The molecule has 0 radical (unpaired) electrons. The van der Waals surface area contributed by atoms with Gasteiger partial charge in [0.25, 0.3) is 0 Å². The number of halogens is 1. The molecule has 3 rings (SSSR count). The maximum absolute atomic E-state index is 11.4. The standard InChI is InChI=1S/C22H32N6O2.HI/c1-4-23-22(24-10-5-12-28-17(3)14-16(2)27-28)25-11-13-30-19-7-8-20-18(15-19)6-9-21(29)26-20;/h7-8,14-15H,4-6,9-13H2,1-3H3,(H,26,29)(H2,23,24,25);1H. The minimum atomic E-state index is 0. The summed E-state index contributed by atoms with van der Waals surface area (Å²) in [7, 11) is 0. The highest BCUT2D eigenvalue weighted by atomic mass is 127. The quantitative estimate of drug-likeness (QED) is 0.197. The Morgan fingerprint density at radius 3 is 2.84 bits per heavy atom. The van der Waals surface area contributed by atoms with E-state index in [0.717, 1.165) is 61.1 Å². The molecule has 0 saturated carbocycles. The zero-order chi connectivity index (χ0) is 21.3. The first-order chi connectivity index (χ1) is 14.5. The average molecular weight is 540 g/mol. The zero-order valence-corrected chi connectivity index (χ0v) is 20.9. The number of hydrogen-bond donors (Lipinski definition) is 3. The van der Waals surface area contributed by atoms with Gasteiger partial charge in [-0.1, -0.05) is 0 Å². The molecule has 2 aromatic rings. The summed E-state index contributed by atoms with van der Waals surface area (Å²) in [5, 5.41) is 13.9. The molecular weight excluding hydrogens is 507 g/mol. The number of fused-ring (bicyclic) bond motifs is 1.